The number of rotatable bonds is 7. The number of alkyl halides is 3. The molecule has 1 heterocycles. The van der Waals surface area contributed by atoms with Gasteiger partial charge in [0, 0.05) is 19.0 Å². The first-order valence-corrected chi connectivity index (χ1v) is 8.62. The third-order valence-corrected chi connectivity index (χ3v) is 3.91. The summed E-state index contributed by atoms with van der Waals surface area (Å²) in [5.41, 5.74) is -0.150. The van der Waals surface area contributed by atoms with Gasteiger partial charge in [-0.15, -0.1) is 24.0 Å². The molecule has 27 heavy (non-hydrogen) atoms. The molecule has 0 aliphatic rings. The standard InChI is InChI=1S/C19H24F3N3O.HI/c1-3-14(2)25-18(23-10-9-17-8-5-11-26-17)24-13-15-6-4-7-16(12-15)19(20,21)22;/h4-8,11-12,14H,3,9-10,13H2,1-2H3,(H2,23,24,25);1H. The molecule has 0 saturated heterocycles. The van der Waals surface area contributed by atoms with E-state index in [1.165, 1.54) is 6.07 Å². The van der Waals surface area contributed by atoms with Gasteiger partial charge in [0.25, 0.3) is 0 Å². The van der Waals surface area contributed by atoms with Gasteiger partial charge >= 0.3 is 6.18 Å². The van der Waals surface area contributed by atoms with Gasteiger partial charge in [-0.25, -0.2) is 4.99 Å². The van der Waals surface area contributed by atoms with Gasteiger partial charge in [-0.05, 0) is 43.2 Å². The second-order valence-corrected chi connectivity index (χ2v) is 6.07. The van der Waals surface area contributed by atoms with Gasteiger partial charge in [0.1, 0.15) is 5.76 Å². The Morgan fingerprint density at radius 3 is 2.63 bits per heavy atom. The van der Waals surface area contributed by atoms with Gasteiger partial charge in [-0.2, -0.15) is 13.2 Å². The Kier molecular flexibility index (Phi) is 9.68. The molecule has 0 fully saturated rings. The minimum Gasteiger partial charge on any atom is -0.469 e. The van der Waals surface area contributed by atoms with Crippen molar-refractivity contribution >= 4 is 29.9 Å². The molecule has 0 radical (unpaired) electrons. The number of nitrogens with zero attached hydrogens (tertiary/aromatic N) is 1. The summed E-state index contributed by atoms with van der Waals surface area (Å²) in [7, 11) is 0. The maximum atomic E-state index is 12.8. The van der Waals surface area contributed by atoms with Gasteiger partial charge in [-0.1, -0.05) is 19.1 Å². The van der Waals surface area contributed by atoms with Crippen LogP contribution in [0.15, 0.2) is 52.1 Å². The largest absolute Gasteiger partial charge is 0.469 e. The van der Waals surface area contributed by atoms with Crippen LogP contribution in [0, 0.1) is 0 Å². The van der Waals surface area contributed by atoms with E-state index in [1.54, 1.807) is 12.3 Å². The fourth-order valence-corrected chi connectivity index (χ4v) is 2.26. The van der Waals surface area contributed by atoms with Crippen LogP contribution in [-0.4, -0.2) is 18.5 Å². The number of guanidine groups is 1. The van der Waals surface area contributed by atoms with E-state index in [0.717, 1.165) is 24.3 Å². The van der Waals surface area contributed by atoms with Crippen molar-refractivity contribution in [2.45, 2.75) is 45.5 Å². The molecule has 8 heteroatoms. The van der Waals surface area contributed by atoms with Crippen LogP contribution in [-0.2, 0) is 19.1 Å². The Balaban J connectivity index is 0.00000364. The molecule has 0 aliphatic carbocycles. The molecule has 1 atom stereocenters. The lowest BCUT2D eigenvalue weighted by Crippen LogP contribution is -2.42. The van der Waals surface area contributed by atoms with E-state index in [0.29, 0.717) is 24.5 Å². The predicted octanol–water partition coefficient (Wildman–Crippen LogP) is 4.99. The maximum absolute atomic E-state index is 12.8. The SMILES string of the molecule is CCC(C)NC(=NCc1cccc(C(F)(F)F)c1)NCCc1ccco1.I. The van der Waals surface area contributed by atoms with E-state index in [4.69, 9.17) is 4.42 Å². The number of nitrogens with one attached hydrogen (secondary N) is 2. The highest BCUT2D eigenvalue weighted by molar-refractivity contribution is 14.0. The first-order chi connectivity index (χ1) is 12.4. The first kappa shape index (κ1) is 23.3. The van der Waals surface area contributed by atoms with Crippen molar-refractivity contribution < 1.29 is 17.6 Å². The number of hydrogen-bond donors (Lipinski definition) is 2. The third kappa shape index (κ3) is 8.23. The molecule has 4 nitrogen and oxygen atoms in total. The summed E-state index contributed by atoms with van der Waals surface area (Å²) in [6.45, 7) is 4.84. The van der Waals surface area contributed by atoms with Crippen LogP contribution < -0.4 is 10.6 Å². The molecular weight excluding hydrogens is 470 g/mol. The normalized spacial score (nSPS) is 13.0. The summed E-state index contributed by atoms with van der Waals surface area (Å²) < 4.78 is 43.7. The van der Waals surface area contributed by atoms with Crippen molar-refractivity contribution in [2.24, 2.45) is 4.99 Å². The van der Waals surface area contributed by atoms with Gasteiger partial charge in [-0.3, -0.25) is 0 Å². The fourth-order valence-electron chi connectivity index (χ4n) is 2.26. The zero-order valence-electron chi connectivity index (χ0n) is 15.3. The fraction of sp³-hybridized carbons (Fsp3) is 0.421. The van der Waals surface area contributed by atoms with E-state index in [2.05, 4.69) is 15.6 Å². The van der Waals surface area contributed by atoms with E-state index in [1.807, 2.05) is 26.0 Å². The van der Waals surface area contributed by atoms with Gasteiger partial charge in [0.15, 0.2) is 5.96 Å². The van der Waals surface area contributed by atoms with Crippen LogP contribution in [0.5, 0.6) is 0 Å². The second kappa shape index (κ2) is 11.2. The summed E-state index contributed by atoms with van der Waals surface area (Å²) in [5.74, 6) is 1.43. The van der Waals surface area contributed by atoms with Crippen molar-refractivity contribution in [1.29, 1.82) is 0 Å². The molecule has 2 rings (SSSR count). The third-order valence-electron chi connectivity index (χ3n) is 3.91. The lowest BCUT2D eigenvalue weighted by atomic mass is 10.1. The Hall–Kier alpha value is -1.71. The quantitative estimate of drug-likeness (QED) is 0.323. The number of benzene rings is 1. The smallest absolute Gasteiger partial charge is 0.416 e. The first-order valence-electron chi connectivity index (χ1n) is 8.62. The van der Waals surface area contributed by atoms with Crippen molar-refractivity contribution in [3.63, 3.8) is 0 Å². The number of hydrogen-bond acceptors (Lipinski definition) is 2. The highest BCUT2D eigenvalue weighted by Gasteiger charge is 2.30. The van der Waals surface area contributed by atoms with Crippen LogP contribution in [0.4, 0.5) is 13.2 Å². The Morgan fingerprint density at radius 1 is 1.22 bits per heavy atom. The molecule has 1 unspecified atom stereocenters. The van der Waals surface area contributed by atoms with E-state index in [-0.39, 0.29) is 36.6 Å². The molecule has 1 aromatic heterocycles. The molecule has 0 aliphatic heterocycles. The van der Waals surface area contributed by atoms with Crippen molar-refractivity contribution in [1.82, 2.24) is 10.6 Å². The van der Waals surface area contributed by atoms with Crippen LogP contribution in [0.1, 0.15) is 37.2 Å². The summed E-state index contributed by atoms with van der Waals surface area (Å²) >= 11 is 0. The summed E-state index contributed by atoms with van der Waals surface area (Å²) in [6, 6.07) is 9.16. The van der Waals surface area contributed by atoms with E-state index in [9.17, 15) is 13.2 Å². The zero-order valence-corrected chi connectivity index (χ0v) is 17.7. The van der Waals surface area contributed by atoms with Crippen molar-refractivity contribution in [2.75, 3.05) is 6.54 Å². The van der Waals surface area contributed by atoms with Gasteiger partial charge in [0.05, 0.1) is 18.4 Å². The molecule has 2 N–H and O–H groups in total. The molecule has 0 spiro atoms. The molecule has 0 saturated carbocycles. The zero-order chi connectivity index (χ0) is 19.0. The average Bonchev–Trinajstić information content (AvgIpc) is 3.12. The van der Waals surface area contributed by atoms with Crippen molar-refractivity contribution in [3.8, 4) is 0 Å². The lowest BCUT2D eigenvalue weighted by molar-refractivity contribution is -0.137. The molecule has 0 bridgehead atoms. The average molecular weight is 495 g/mol. The molecule has 1 aromatic carbocycles. The predicted molar refractivity (Wildman–Crippen MR) is 111 cm³/mol. The Morgan fingerprint density at radius 2 is 2.00 bits per heavy atom. The van der Waals surface area contributed by atoms with Crippen LogP contribution in [0.25, 0.3) is 0 Å². The maximum Gasteiger partial charge on any atom is 0.416 e. The minimum atomic E-state index is -4.35. The lowest BCUT2D eigenvalue weighted by Gasteiger charge is -2.17. The Bertz CT molecular complexity index is 702. The number of halogens is 4. The monoisotopic (exact) mass is 495 g/mol. The van der Waals surface area contributed by atoms with Crippen LogP contribution >= 0.6 is 24.0 Å². The molecule has 0 amide bonds. The molecular formula is C19H25F3IN3O. The van der Waals surface area contributed by atoms with Gasteiger partial charge < -0.3 is 15.1 Å². The van der Waals surface area contributed by atoms with Crippen LogP contribution in [0.3, 0.4) is 0 Å². The molecule has 2 aromatic rings. The van der Waals surface area contributed by atoms with Crippen LogP contribution in [0.2, 0.25) is 0 Å². The van der Waals surface area contributed by atoms with Crippen molar-refractivity contribution in [3.05, 3.63) is 59.5 Å². The highest BCUT2D eigenvalue weighted by atomic mass is 127. The number of aliphatic imine (C=N–C) groups is 1. The van der Waals surface area contributed by atoms with Gasteiger partial charge in [0.2, 0.25) is 0 Å². The Labute approximate surface area is 174 Å². The second-order valence-electron chi connectivity index (χ2n) is 6.07. The summed E-state index contributed by atoms with van der Waals surface area (Å²) in [6.07, 6.45) is -1.13. The van der Waals surface area contributed by atoms with E-state index >= 15 is 0 Å². The molecule has 150 valence electrons. The highest BCUT2D eigenvalue weighted by Crippen LogP contribution is 2.29. The summed E-state index contributed by atoms with van der Waals surface area (Å²) in [5, 5.41) is 6.44. The summed E-state index contributed by atoms with van der Waals surface area (Å²) in [4.78, 5) is 4.42. The number of furan rings is 1. The topological polar surface area (TPSA) is 49.6 Å². The minimum absolute atomic E-state index is 0. The van der Waals surface area contributed by atoms with E-state index < -0.39 is 11.7 Å².